The minimum atomic E-state index is -0.244. The Hall–Kier alpha value is -2.93. The Bertz CT molecular complexity index is 938. The molecular weight excluding hydrogens is 418 g/mol. The quantitative estimate of drug-likeness (QED) is 0.746. The third-order valence-electron chi connectivity index (χ3n) is 5.43. The molecule has 2 aromatic carbocycles. The predicted molar refractivity (Wildman–Crippen MR) is 119 cm³/mol. The molecule has 0 bridgehead atoms. The maximum Gasteiger partial charge on any atom is 0.321 e. The molecule has 1 fully saturated rings. The number of piperidine rings is 1. The molecule has 2 aliphatic rings. The maximum atomic E-state index is 12.8. The average molecular weight is 444 g/mol. The summed E-state index contributed by atoms with van der Waals surface area (Å²) < 4.78 is 11.4. The van der Waals surface area contributed by atoms with Crippen LogP contribution in [-0.2, 0) is 11.3 Å². The van der Waals surface area contributed by atoms with E-state index in [1.807, 2.05) is 36.4 Å². The minimum absolute atomic E-state index is 0.0690. The second-order valence-corrected chi connectivity index (χ2v) is 8.16. The summed E-state index contributed by atoms with van der Waals surface area (Å²) in [7, 11) is 0. The molecule has 2 heterocycles. The van der Waals surface area contributed by atoms with Gasteiger partial charge in [-0.3, -0.25) is 4.79 Å². The van der Waals surface area contributed by atoms with Crippen LogP contribution in [0.2, 0.25) is 5.02 Å². The van der Waals surface area contributed by atoms with E-state index in [1.165, 1.54) is 0 Å². The summed E-state index contributed by atoms with van der Waals surface area (Å²) in [5.41, 5.74) is 1.59. The summed E-state index contributed by atoms with van der Waals surface area (Å²) in [6.07, 6.45) is 2.34. The molecule has 1 atom stereocenters. The van der Waals surface area contributed by atoms with Crippen LogP contribution in [0.1, 0.15) is 24.8 Å². The Morgan fingerprint density at radius 3 is 2.74 bits per heavy atom. The molecule has 2 N–H and O–H groups in total. The number of ether oxygens (including phenoxy) is 2. The number of likely N-dealkylation sites (tertiary alicyclic amines) is 1. The van der Waals surface area contributed by atoms with E-state index in [-0.39, 0.29) is 17.9 Å². The van der Waals surface area contributed by atoms with Crippen molar-refractivity contribution in [2.75, 3.05) is 31.6 Å². The Morgan fingerprint density at radius 1 is 1.10 bits per heavy atom. The summed E-state index contributed by atoms with van der Waals surface area (Å²) in [6, 6.07) is 12.8. The summed E-state index contributed by atoms with van der Waals surface area (Å²) in [5, 5.41) is 6.34. The van der Waals surface area contributed by atoms with Crippen molar-refractivity contribution in [2.45, 2.75) is 25.8 Å². The van der Waals surface area contributed by atoms with Gasteiger partial charge in [-0.15, -0.1) is 0 Å². The van der Waals surface area contributed by atoms with Gasteiger partial charge < -0.3 is 25.0 Å². The van der Waals surface area contributed by atoms with Crippen LogP contribution in [0.5, 0.6) is 11.5 Å². The molecule has 1 unspecified atom stereocenters. The smallest absolute Gasteiger partial charge is 0.321 e. The van der Waals surface area contributed by atoms with E-state index < -0.39 is 0 Å². The van der Waals surface area contributed by atoms with Gasteiger partial charge in [0.2, 0.25) is 5.91 Å². The molecule has 31 heavy (non-hydrogen) atoms. The van der Waals surface area contributed by atoms with Crippen LogP contribution in [0.25, 0.3) is 0 Å². The number of fused-ring (bicyclic) bond motifs is 1. The van der Waals surface area contributed by atoms with Gasteiger partial charge in [-0.1, -0.05) is 29.8 Å². The van der Waals surface area contributed by atoms with Crippen molar-refractivity contribution in [1.29, 1.82) is 0 Å². The SMILES string of the molecule is O=C(NCc1cc(Cl)c2c(c1)OCCCO2)C1CCCN(C(=O)Nc2ccccc2)C1. The van der Waals surface area contributed by atoms with Gasteiger partial charge >= 0.3 is 6.03 Å². The number of halogens is 1. The zero-order valence-electron chi connectivity index (χ0n) is 17.2. The van der Waals surface area contributed by atoms with E-state index >= 15 is 0 Å². The number of nitrogens with one attached hydrogen (secondary N) is 2. The highest BCUT2D eigenvalue weighted by atomic mass is 35.5. The molecular formula is C23H26ClN3O4. The molecule has 8 heteroatoms. The van der Waals surface area contributed by atoms with E-state index in [4.69, 9.17) is 21.1 Å². The molecule has 0 spiro atoms. The third kappa shape index (κ3) is 5.41. The summed E-state index contributed by atoms with van der Waals surface area (Å²) >= 11 is 6.34. The monoisotopic (exact) mass is 443 g/mol. The number of carbonyl (C=O) groups excluding carboxylic acids is 2. The first kappa shape index (κ1) is 21.3. The lowest BCUT2D eigenvalue weighted by molar-refractivity contribution is -0.126. The van der Waals surface area contributed by atoms with E-state index in [0.717, 1.165) is 30.5 Å². The molecule has 0 aliphatic carbocycles. The van der Waals surface area contributed by atoms with E-state index in [2.05, 4.69) is 10.6 Å². The fourth-order valence-corrected chi connectivity index (χ4v) is 4.11. The lowest BCUT2D eigenvalue weighted by Gasteiger charge is -2.32. The van der Waals surface area contributed by atoms with Gasteiger partial charge in [0.25, 0.3) is 0 Å². The van der Waals surface area contributed by atoms with Crippen molar-refractivity contribution >= 4 is 29.2 Å². The maximum absolute atomic E-state index is 12.8. The fourth-order valence-electron chi connectivity index (χ4n) is 3.82. The highest BCUT2D eigenvalue weighted by Gasteiger charge is 2.28. The second-order valence-electron chi connectivity index (χ2n) is 7.75. The van der Waals surface area contributed by atoms with Crippen LogP contribution in [0.3, 0.4) is 0 Å². The largest absolute Gasteiger partial charge is 0.489 e. The number of benzene rings is 2. The highest BCUT2D eigenvalue weighted by Crippen LogP contribution is 2.38. The topological polar surface area (TPSA) is 79.9 Å². The van der Waals surface area contributed by atoms with Crippen LogP contribution < -0.4 is 20.1 Å². The summed E-state index contributed by atoms with van der Waals surface area (Å²) in [5.74, 6) is 0.851. The normalized spacial score (nSPS) is 18.1. The van der Waals surface area contributed by atoms with Gasteiger partial charge in [-0.2, -0.15) is 0 Å². The van der Waals surface area contributed by atoms with Gasteiger partial charge in [0.15, 0.2) is 11.5 Å². The van der Waals surface area contributed by atoms with Crippen molar-refractivity contribution in [2.24, 2.45) is 5.92 Å². The van der Waals surface area contributed by atoms with E-state index in [0.29, 0.717) is 49.4 Å². The van der Waals surface area contributed by atoms with Crippen molar-refractivity contribution in [3.63, 3.8) is 0 Å². The number of hydrogen-bond acceptors (Lipinski definition) is 4. The minimum Gasteiger partial charge on any atom is -0.489 e. The van der Waals surface area contributed by atoms with Gasteiger partial charge in [-0.25, -0.2) is 4.79 Å². The van der Waals surface area contributed by atoms with Crippen LogP contribution in [-0.4, -0.2) is 43.1 Å². The molecule has 164 valence electrons. The van der Waals surface area contributed by atoms with Crippen molar-refractivity contribution < 1.29 is 19.1 Å². The van der Waals surface area contributed by atoms with Crippen LogP contribution in [0, 0.1) is 5.92 Å². The molecule has 1 saturated heterocycles. The third-order valence-corrected chi connectivity index (χ3v) is 5.71. The first-order chi connectivity index (χ1) is 15.1. The highest BCUT2D eigenvalue weighted by molar-refractivity contribution is 6.32. The molecule has 0 radical (unpaired) electrons. The molecule has 0 saturated carbocycles. The van der Waals surface area contributed by atoms with Gasteiger partial charge in [0, 0.05) is 31.7 Å². The van der Waals surface area contributed by atoms with Crippen LogP contribution in [0.15, 0.2) is 42.5 Å². The fraction of sp³-hybridized carbons (Fsp3) is 0.391. The average Bonchev–Trinajstić information content (AvgIpc) is 3.04. The Kier molecular flexibility index (Phi) is 6.82. The van der Waals surface area contributed by atoms with Crippen molar-refractivity contribution in [1.82, 2.24) is 10.2 Å². The van der Waals surface area contributed by atoms with Crippen molar-refractivity contribution in [3.8, 4) is 11.5 Å². The molecule has 0 aromatic heterocycles. The first-order valence-electron chi connectivity index (χ1n) is 10.6. The van der Waals surface area contributed by atoms with Gasteiger partial charge in [0.05, 0.1) is 24.2 Å². The predicted octanol–water partition coefficient (Wildman–Crippen LogP) is 4.06. The zero-order valence-corrected chi connectivity index (χ0v) is 18.0. The number of rotatable bonds is 4. The molecule has 3 amide bonds. The Morgan fingerprint density at radius 2 is 1.90 bits per heavy atom. The number of amides is 3. The number of nitrogens with zero attached hydrogens (tertiary/aromatic N) is 1. The second kappa shape index (κ2) is 9.92. The number of anilines is 1. The summed E-state index contributed by atoms with van der Waals surface area (Å²) in [6.45, 7) is 2.51. The van der Waals surface area contributed by atoms with Gasteiger partial charge in [0.1, 0.15) is 0 Å². The number of urea groups is 1. The van der Waals surface area contributed by atoms with Gasteiger partial charge in [-0.05, 0) is 42.7 Å². The zero-order chi connectivity index (χ0) is 21.6. The van der Waals surface area contributed by atoms with Crippen LogP contribution in [0.4, 0.5) is 10.5 Å². The van der Waals surface area contributed by atoms with Crippen LogP contribution >= 0.6 is 11.6 Å². The first-order valence-corrected chi connectivity index (χ1v) is 10.9. The molecule has 2 aromatic rings. The number of hydrogen-bond donors (Lipinski definition) is 2. The molecule has 2 aliphatic heterocycles. The lowest BCUT2D eigenvalue weighted by atomic mass is 9.97. The number of para-hydroxylation sites is 1. The molecule has 7 nitrogen and oxygen atoms in total. The Labute approximate surface area is 186 Å². The standard InChI is InChI=1S/C23H26ClN3O4/c24-19-12-16(13-20-21(19)31-11-5-10-30-20)14-25-22(28)17-6-4-9-27(15-17)23(29)26-18-7-2-1-3-8-18/h1-3,7-8,12-13,17H,4-6,9-11,14-15H2,(H,25,28)(H,26,29). The van der Waals surface area contributed by atoms with E-state index in [9.17, 15) is 9.59 Å². The Balaban J connectivity index is 1.33. The summed E-state index contributed by atoms with van der Waals surface area (Å²) in [4.78, 5) is 27.0. The van der Waals surface area contributed by atoms with Crippen molar-refractivity contribution in [3.05, 3.63) is 53.1 Å². The number of carbonyl (C=O) groups is 2. The van der Waals surface area contributed by atoms with E-state index in [1.54, 1.807) is 11.0 Å². The lowest BCUT2D eigenvalue weighted by Crippen LogP contribution is -2.46. The molecule has 4 rings (SSSR count).